The molecule has 2 saturated heterocycles. The zero-order chi connectivity index (χ0) is 17.8. The Bertz CT molecular complexity index is 587. The summed E-state index contributed by atoms with van der Waals surface area (Å²) >= 11 is 0. The SMILES string of the molecule is COc1ccnc(N2CCC(C(=O)N3CCCC[C@H]3[C@H](C)N)CC2)n1. The van der Waals surface area contributed by atoms with Crippen molar-refractivity contribution in [1.82, 2.24) is 14.9 Å². The predicted octanol–water partition coefficient (Wildman–Crippen LogP) is 1.43. The molecule has 0 spiro atoms. The number of carbonyl (C=O) groups excluding carboxylic acids is 1. The van der Waals surface area contributed by atoms with Gasteiger partial charge in [0.05, 0.1) is 7.11 Å². The lowest BCUT2D eigenvalue weighted by Crippen LogP contribution is -2.54. The largest absolute Gasteiger partial charge is 0.481 e. The molecule has 25 heavy (non-hydrogen) atoms. The normalized spacial score (nSPS) is 23.4. The molecule has 138 valence electrons. The number of nitrogens with two attached hydrogens (primary N) is 1. The average Bonchev–Trinajstić information content (AvgIpc) is 2.67. The van der Waals surface area contributed by atoms with Gasteiger partial charge in [0.2, 0.25) is 17.7 Å². The van der Waals surface area contributed by atoms with Gasteiger partial charge in [0, 0.05) is 49.9 Å². The second-order valence-electron chi connectivity index (χ2n) is 7.11. The Morgan fingerprint density at radius 3 is 2.72 bits per heavy atom. The number of anilines is 1. The number of rotatable bonds is 4. The molecule has 0 saturated carbocycles. The number of hydrogen-bond acceptors (Lipinski definition) is 6. The monoisotopic (exact) mass is 347 g/mol. The summed E-state index contributed by atoms with van der Waals surface area (Å²) in [6.45, 7) is 4.45. The molecule has 1 amide bonds. The van der Waals surface area contributed by atoms with E-state index >= 15 is 0 Å². The van der Waals surface area contributed by atoms with Gasteiger partial charge in [-0.05, 0) is 39.0 Å². The molecular weight excluding hydrogens is 318 g/mol. The summed E-state index contributed by atoms with van der Waals surface area (Å²) in [6.07, 6.45) is 6.66. The zero-order valence-corrected chi connectivity index (χ0v) is 15.2. The first-order valence-electron chi connectivity index (χ1n) is 9.28. The molecule has 1 aromatic heterocycles. The zero-order valence-electron chi connectivity index (χ0n) is 15.2. The van der Waals surface area contributed by atoms with E-state index in [0.717, 1.165) is 45.3 Å². The van der Waals surface area contributed by atoms with E-state index in [1.807, 2.05) is 6.92 Å². The Morgan fingerprint density at radius 2 is 2.04 bits per heavy atom. The maximum Gasteiger partial charge on any atom is 0.228 e. The molecule has 2 atom stereocenters. The highest BCUT2D eigenvalue weighted by Gasteiger charge is 2.35. The molecule has 7 heteroatoms. The van der Waals surface area contributed by atoms with E-state index in [9.17, 15) is 4.79 Å². The third kappa shape index (κ3) is 4.03. The first-order valence-corrected chi connectivity index (χ1v) is 9.28. The summed E-state index contributed by atoms with van der Waals surface area (Å²) in [4.78, 5) is 25.9. The molecule has 2 N–H and O–H groups in total. The number of hydrogen-bond donors (Lipinski definition) is 1. The molecule has 2 aliphatic rings. The quantitative estimate of drug-likeness (QED) is 0.887. The van der Waals surface area contributed by atoms with Gasteiger partial charge in [0.15, 0.2) is 0 Å². The first-order chi connectivity index (χ1) is 12.1. The van der Waals surface area contributed by atoms with Gasteiger partial charge in [-0.25, -0.2) is 4.98 Å². The molecule has 0 bridgehead atoms. The van der Waals surface area contributed by atoms with E-state index in [4.69, 9.17) is 10.5 Å². The van der Waals surface area contributed by atoms with Crippen molar-refractivity contribution in [3.05, 3.63) is 12.3 Å². The standard InChI is InChI=1S/C18H29N5O2/c1-13(19)15-5-3-4-10-23(15)17(24)14-7-11-22(12-8-14)18-20-9-6-16(21-18)25-2/h6,9,13-15H,3-5,7-8,10-12,19H2,1-2H3/t13-,15-/m0/s1. The van der Waals surface area contributed by atoms with Crippen molar-refractivity contribution in [2.75, 3.05) is 31.6 Å². The van der Waals surface area contributed by atoms with Gasteiger partial charge in [-0.15, -0.1) is 0 Å². The smallest absolute Gasteiger partial charge is 0.228 e. The highest BCUT2D eigenvalue weighted by atomic mass is 16.5. The fourth-order valence-corrected chi connectivity index (χ4v) is 3.94. The molecule has 2 fully saturated rings. The molecule has 0 radical (unpaired) electrons. The summed E-state index contributed by atoms with van der Waals surface area (Å²) < 4.78 is 5.17. The summed E-state index contributed by atoms with van der Waals surface area (Å²) in [5.74, 6) is 1.61. The number of likely N-dealkylation sites (tertiary alicyclic amines) is 1. The van der Waals surface area contributed by atoms with Crippen LogP contribution >= 0.6 is 0 Å². The van der Waals surface area contributed by atoms with Crippen molar-refractivity contribution in [3.63, 3.8) is 0 Å². The summed E-state index contributed by atoms with van der Waals surface area (Å²) in [6, 6.07) is 1.97. The van der Waals surface area contributed by atoms with Gasteiger partial charge >= 0.3 is 0 Å². The molecule has 3 rings (SSSR count). The minimum atomic E-state index is 0.0366. The van der Waals surface area contributed by atoms with Crippen molar-refractivity contribution >= 4 is 11.9 Å². The lowest BCUT2D eigenvalue weighted by Gasteiger charge is -2.41. The second-order valence-corrected chi connectivity index (χ2v) is 7.11. The topological polar surface area (TPSA) is 84.6 Å². The van der Waals surface area contributed by atoms with Crippen LogP contribution in [0.3, 0.4) is 0 Å². The fourth-order valence-electron chi connectivity index (χ4n) is 3.94. The van der Waals surface area contributed by atoms with E-state index in [1.165, 1.54) is 6.42 Å². The molecule has 3 heterocycles. The Morgan fingerprint density at radius 1 is 1.28 bits per heavy atom. The number of amides is 1. The van der Waals surface area contributed by atoms with Gasteiger partial charge < -0.3 is 20.3 Å². The van der Waals surface area contributed by atoms with Crippen LogP contribution in [-0.2, 0) is 4.79 Å². The van der Waals surface area contributed by atoms with Crippen molar-refractivity contribution in [2.24, 2.45) is 11.7 Å². The highest BCUT2D eigenvalue weighted by Crippen LogP contribution is 2.27. The third-order valence-corrected chi connectivity index (χ3v) is 5.39. The van der Waals surface area contributed by atoms with Crippen LogP contribution in [0.4, 0.5) is 5.95 Å². The van der Waals surface area contributed by atoms with Gasteiger partial charge in [-0.2, -0.15) is 4.98 Å². The molecule has 0 aromatic carbocycles. The van der Waals surface area contributed by atoms with Gasteiger partial charge in [0.1, 0.15) is 0 Å². The van der Waals surface area contributed by atoms with Crippen LogP contribution in [0.1, 0.15) is 39.0 Å². The van der Waals surface area contributed by atoms with Crippen LogP contribution in [0.5, 0.6) is 5.88 Å². The van der Waals surface area contributed by atoms with Crippen molar-refractivity contribution in [1.29, 1.82) is 0 Å². The molecular formula is C18H29N5O2. The van der Waals surface area contributed by atoms with Crippen LogP contribution in [0.2, 0.25) is 0 Å². The molecule has 0 unspecified atom stereocenters. The number of aromatic nitrogens is 2. The minimum absolute atomic E-state index is 0.0366. The van der Waals surface area contributed by atoms with E-state index < -0.39 is 0 Å². The summed E-state index contributed by atoms with van der Waals surface area (Å²) in [7, 11) is 1.60. The van der Waals surface area contributed by atoms with Gasteiger partial charge in [0.25, 0.3) is 0 Å². The molecule has 0 aliphatic carbocycles. The third-order valence-electron chi connectivity index (χ3n) is 5.39. The fraction of sp³-hybridized carbons (Fsp3) is 0.722. The number of nitrogens with zero attached hydrogens (tertiary/aromatic N) is 4. The molecule has 7 nitrogen and oxygen atoms in total. The first kappa shape index (κ1) is 17.9. The predicted molar refractivity (Wildman–Crippen MR) is 96.5 cm³/mol. The number of piperidine rings is 2. The maximum atomic E-state index is 13.0. The van der Waals surface area contributed by atoms with E-state index in [-0.39, 0.29) is 23.9 Å². The molecule has 1 aromatic rings. The Balaban J connectivity index is 1.60. The summed E-state index contributed by atoms with van der Waals surface area (Å²) in [5.41, 5.74) is 6.12. The lowest BCUT2D eigenvalue weighted by molar-refractivity contribution is -0.140. The Kier molecular flexibility index (Phi) is 5.73. The average molecular weight is 347 g/mol. The maximum absolute atomic E-state index is 13.0. The van der Waals surface area contributed by atoms with E-state index in [0.29, 0.717) is 11.8 Å². The van der Waals surface area contributed by atoms with Crippen LogP contribution in [0.25, 0.3) is 0 Å². The highest BCUT2D eigenvalue weighted by molar-refractivity contribution is 5.79. The number of methoxy groups -OCH3 is 1. The van der Waals surface area contributed by atoms with Crippen LogP contribution in [0.15, 0.2) is 12.3 Å². The lowest BCUT2D eigenvalue weighted by atomic mass is 9.91. The van der Waals surface area contributed by atoms with Crippen LogP contribution < -0.4 is 15.4 Å². The van der Waals surface area contributed by atoms with Gasteiger partial charge in [-0.1, -0.05) is 0 Å². The Hall–Kier alpha value is -1.89. The van der Waals surface area contributed by atoms with Crippen LogP contribution in [-0.4, -0.2) is 59.6 Å². The Labute approximate surface area is 149 Å². The second kappa shape index (κ2) is 7.99. The number of ether oxygens (including phenoxy) is 1. The number of carbonyl (C=O) groups is 1. The summed E-state index contributed by atoms with van der Waals surface area (Å²) in [5, 5.41) is 0. The van der Waals surface area contributed by atoms with E-state index in [1.54, 1.807) is 19.4 Å². The van der Waals surface area contributed by atoms with Crippen molar-refractivity contribution < 1.29 is 9.53 Å². The van der Waals surface area contributed by atoms with E-state index in [2.05, 4.69) is 19.8 Å². The van der Waals surface area contributed by atoms with Crippen molar-refractivity contribution in [2.45, 2.75) is 51.1 Å². The molecule has 2 aliphatic heterocycles. The van der Waals surface area contributed by atoms with Gasteiger partial charge in [-0.3, -0.25) is 4.79 Å². The van der Waals surface area contributed by atoms with Crippen LogP contribution in [0, 0.1) is 5.92 Å². The van der Waals surface area contributed by atoms with Crippen molar-refractivity contribution in [3.8, 4) is 5.88 Å². The minimum Gasteiger partial charge on any atom is -0.481 e.